The van der Waals surface area contributed by atoms with Crippen molar-refractivity contribution in [1.82, 2.24) is 9.55 Å². The Morgan fingerprint density at radius 2 is 2.11 bits per heavy atom. The maximum Gasteiger partial charge on any atom is 0.142 e. The molecule has 1 aromatic heterocycles. The third-order valence-electron chi connectivity index (χ3n) is 2.67. The Balaban J connectivity index is 2.46. The molecule has 2 rings (SSSR count). The Labute approximate surface area is 108 Å². The average Bonchev–Trinajstić information content (AvgIpc) is 2.81. The van der Waals surface area contributed by atoms with Crippen LogP contribution in [0.15, 0.2) is 24.5 Å². The number of hydrogen-bond acceptors (Lipinski definition) is 2. The summed E-state index contributed by atoms with van der Waals surface area (Å²) in [5.41, 5.74) is -0.183. The van der Waals surface area contributed by atoms with Gasteiger partial charge in [0.15, 0.2) is 0 Å². The van der Waals surface area contributed by atoms with E-state index in [0.717, 1.165) is 12.1 Å². The van der Waals surface area contributed by atoms with Crippen LogP contribution in [0.3, 0.4) is 0 Å². The second kappa shape index (κ2) is 5.04. The third-order valence-corrected chi connectivity index (χ3v) is 2.96. The predicted molar refractivity (Wildman–Crippen MR) is 63.3 cm³/mol. The number of nitrogens with zero attached hydrogens (tertiary/aromatic N) is 2. The first-order valence-electron chi connectivity index (χ1n) is 5.38. The molecular weight excluding hydrogens is 262 g/mol. The zero-order valence-corrected chi connectivity index (χ0v) is 10.3. The molecule has 1 N–H and O–H groups in total. The molecule has 0 saturated heterocycles. The van der Waals surface area contributed by atoms with E-state index in [1.54, 1.807) is 10.8 Å². The molecule has 3 nitrogen and oxygen atoms in total. The summed E-state index contributed by atoms with van der Waals surface area (Å²) < 4.78 is 28.6. The number of aliphatic hydroxyl groups excluding tert-OH is 1. The molecule has 0 bridgehead atoms. The fraction of sp³-hybridized carbons (Fsp3) is 0.250. The van der Waals surface area contributed by atoms with Crippen molar-refractivity contribution in [2.75, 3.05) is 0 Å². The van der Waals surface area contributed by atoms with Crippen molar-refractivity contribution < 1.29 is 13.9 Å². The Bertz CT molecular complexity index is 571. The fourth-order valence-corrected chi connectivity index (χ4v) is 1.87. The minimum Gasteiger partial charge on any atom is -0.380 e. The topological polar surface area (TPSA) is 38.0 Å². The average molecular weight is 273 g/mol. The van der Waals surface area contributed by atoms with E-state index >= 15 is 0 Å². The number of hydrogen-bond donors (Lipinski definition) is 1. The minimum absolute atomic E-state index is 0.183. The Hall–Kier alpha value is -1.46. The molecule has 18 heavy (non-hydrogen) atoms. The van der Waals surface area contributed by atoms with Crippen LogP contribution in [-0.2, 0) is 6.54 Å². The summed E-state index contributed by atoms with van der Waals surface area (Å²) in [5.74, 6) is -1.28. The normalized spacial score (nSPS) is 12.7. The van der Waals surface area contributed by atoms with Gasteiger partial charge >= 0.3 is 0 Å². The first-order valence-corrected chi connectivity index (χ1v) is 5.76. The van der Waals surface area contributed by atoms with Crippen molar-refractivity contribution in [2.45, 2.75) is 19.6 Å². The van der Waals surface area contributed by atoms with Gasteiger partial charge in [0.2, 0.25) is 0 Å². The van der Waals surface area contributed by atoms with Gasteiger partial charge in [-0.2, -0.15) is 0 Å². The number of aromatic nitrogens is 2. The zero-order valence-electron chi connectivity index (χ0n) is 9.57. The number of imidazole rings is 1. The minimum atomic E-state index is -1.33. The number of aryl methyl sites for hydroxylation is 1. The largest absolute Gasteiger partial charge is 0.380 e. The Kier molecular flexibility index (Phi) is 3.63. The molecule has 0 aliphatic rings. The summed E-state index contributed by atoms with van der Waals surface area (Å²) in [6.07, 6.45) is 1.82. The monoisotopic (exact) mass is 272 g/mol. The van der Waals surface area contributed by atoms with Crippen molar-refractivity contribution in [3.63, 3.8) is 0 Å². The first-order chi connectivity index (χ1) is 8.54. The zero-order chi connectivity index (χ0) is 13.3. The summed E-state index contributed by atoms with van der Waals surface area (Å²) in [5, 5.41) is 9.74. The van der Waals surface area contributed by atoms with E-state index in [1.807, 2.05) is 6.92 Å². The van der Waals surface area contributed by atoms with E-state index in [9.17, 15) is 13.9 Å². The van der Waals surface area contributed by atoms with Gasteiger partial charge < -0.3 is 9.67 Å². The summed E-state index contributed by atoms with van der Waals surface area (Å²) in [6.45, 7) is 2.43. The van der Waals surface area contributed by atoms with Crippen LogP contribution in [0.25, 0.3) is 0 Å². The molecule has 1 aromatic carbocycles. The van der Waals surface area contributed by atoms with E-state index in [-0.39, 0.29) is 16.4 Å². The fourth-order valence-electron chi connectivity index (χ4n) is 1.72. The molecule has 0 aliphatic carbocycles. The lowest BCUT2D eigenvalue weighted by Crippen LogP contribution is -2.10. The molecule has 2 aromatic rings. The van der Waals surface area contributed by atoms with Gasteiger partial charge in [-0.3, -0.25) is 0 Å². The standard InChI is InChI=1S/C12H11ClF2N2O/c1-2-17-4-3-16-12(17)11(18)7-5-10(15)8(13)6-9(7)14/h3-6,11,18H,2H2,1H3. The number of halogens is 3. The SMILES string of the molecule is CCn1ccnc1C(O)c1cc(F)c(Cl)cc1F. The van der Waals surface area contributed by atoms with Gasteiger partial charge in [0, 0.05) is 24.5 Å². The highest BCUT2D eigenvalue weighted by molar-refractivity contribution is 6.30. The lowest BCUT2D eigenvalue weighted by atomic mass is 10.1. The van der Waals surface area contributed by atoms with Crippen LogP contribution in [0.2, 0.25) is 5.02 Å². The quantitative estimate of drug-likeness (QED) is 0.873. The second-order valence-electron chi connectivity index (χ2n) is 3.76. The Morgan fingerprint density at radius 1 is 1.39 bits per heavy atom. The van der Waals surface area contributed by atoms with Crippen LogP contribution in [0.1, 0.15) is 24.4 Å². The molecule has 96 valence electrons. The molecule has 0 aliphatic heterocycles. The van der Waals surface area contributed by atoms with Crippen molar-refractivity contribution in [1.29, 1.82) is 0 Å². The van der Waals surface area contributed by atoms with Crippen LogP contribution in [0.5, 0.6) is 0 Å². The van der Waals surface area contributed by atoms with E-state index in [1.165, 1.54) is 6.20 Å². The van der Waals surface area contributed by atoms with Crippen molar-refractivity contribution in [3.05, 3.63) is 52.6 Å². The predicted octanol–water partition coefficient (Wildman–Crippen LogP) is 2.92. The van der Waals surface area contributed by atoms with Crippen molar-refractivity contribution >= 4 is 11.6 Å². The number of benzene rings is 1. The van der Waals surface area contributed by atoms with Crippen LogP contribution in [0.4, 0.5) is 8.78 Å². The Morgan fingerprint density at radius 3 is 2.78 bits per heavy atom. The van der Waals surface area contributed by atoms with Gasteiger partial charge in [-0.15, -0.1) is 0 Å². The smallest absolute Gasteiger partial charge is 0.142 e. The van der Waals surface area contributed by atoms with E-state index in [0.29, 0.717) is 6.54 Å². The van der Waals surface area contributed by atoms with Crippen LogP contribution in [-0.4, -0.2) is 14.7 Å². The molecule has 0 spiro atoms. The molecule has 6 heteroatoms. The molecule has 0 saturated carbocycles. The summed E-state index contributed by atoms with van der Waals surface area (Å²) >= 11 is 5.46. The molecule has 1 atom stereocenters. The molecule has 0 amide bonds. The van der Waals surface area contributed by atoms with Crippen molar-refractivity contribution in [3.8, 4) is 0 Å². The lowest BCUT2D eigenvalue weighted by Gasteiger charge is -2.13. The van der Waals surface area contributed by atoms with Crippen molar-refractivity contribution in [2.24, 2.45) is 0 Å². The van der Waals surface area contributed by atoms with Gasteiger partial charge in [-0.25, -0.2) is 13.8 Å². The maximum atomic E-state index is 13.7. The maximum absolute atomic E-state index is 13.7. The highest BCUT2D eigenvalue weighted by Crippen LogP contribution is 2.27. The van der Waals surface area contributed by atoms with E-state index in [4.69, 9.17) is 11.6 Å². The number of rotatable bonds is 3. The van der Waals surface area contributed by atoms with E-state index < -0.39 is 17.7 Å². The van der Waals surface area contributed by atoms with Gasteiger partial charge in [-0.1, -0.05) is 11.6 Å². The molecule has 0 fully saturated rings. The summed E-state index contributed by atoms with van der Waals surface area (Å²) in [7, 11) is 0. The number of aliphatic hydroxyl groups is 1. The lowest BCUT2D eigenvalue weighted by molar-refractivity contribution is 0.199. The van der Waals surface area contributed by atoms with Gasteiger partial charge in [0.1, 0.15) is 23.6 Å². The summed E-state index contributed by atoms with van der Waals surface area (Å²) in [6, 6.07) is 1.73. The van der Waals surface area contributed by atoms with Crippen LogP contribution >= 0.6 is 11.6 Å². The third kappa shape index (κ3) is 2.23. The molecular formula is C12H11ClF2N2O. The summed E-state index contributed by atoms with van der Waals surface area (Å²) in [4.78, 5) is 3.95. The van der Waals surface area contributed by atoms with E-state index in [2.05, 4.69) is 4.98 Å². The molecule has 1 heterocycles. The molecule has 1 unspecified atom stereocenters. The van der Waals surface area contributed by atoms with Gasteiger partial charge in [-0.05, 0) is 19.1 Å². The highest BCUT2D eigenvalue weighted by atomic mass is 35.5. The first kappa shape index (κ1) is 13.0. The highest BCUT2D eigenvalue weighted by Gasteiger charge is 2.21. The van der Waals surface area contributed by atoms with Gasteiger partial charge in [0.25, 0.3) is 0 Å². The van der Waals surface area contributed by atoms with Crippen LogP contribution in [0, 0.1) is 11.6 Å². The second-order valence-corrected chi connectivity index (χ2v) is 4.17. The van der Waals surface area contributed by atoms with Crippen LogP contribution < -0.4 is 0 Å². The molecule has 0 radical (unpaired) electrons. The van der Waals surface area contributed by atoms with Gasteiger partial charge in [0.05, 0.1) is 5.02 Å².